The van der Waals surface area contributed by atoms with Crippen molar-refractivity contribution in [1.29, 1.82) is 0 Å². The molecule has 15 nitrogen and oxygen atoms in total. The number of oxime groups is 1. The molecule has 6 unspecified atom stereocenters. The molecule has 2 aliphatic carbocycles. The Morgan fingerprint density at radius 2 is 1.60 bits per heavy atom. The zero-order valence-electron chi connectivity index (χ0n) is 39.8. The molecule has 0 spiro atoms. The Morgan fingerprint density at radius 1 is 0.861 bits per heavy atom. The van der Waals surface area contributed by atoms with Crippen LogP contribution in [0.3, 0.4) is 0 Å². The predicted molar refractivity (Wildman–Crippen MR) is 264 cm³/mol. The van der Waals surface area contributed by atoms with E-state index in [4.69, 9.17) is 38.4 Å². The molecule has 2 N–H and O–H groups in total. The molecule has 5 aromatic carbocycles. The maximum atomic E-state index is 15.3. The van der Waals surface area contributed by atoms with E-state index in [0.717, 1.165) is 29.5 Å². The van der Waals surface area contributed by atoms with Gasteiger partial charge in [-0.3, -0.25) is 15.0 Å². The highest BCUT2D eigenvalue weighted by Gasteiger charge is 2.66. The fraction of sp³-hybridized carbons (Fsp3) is 0.357. The highest BCUT2D eigenvalue weighted by atomic mass is 19.1. The SMILES string of the molecule is C=CCOC12Oc3ccc(OCc4ccccc4F)cc3C3C(CCCCO)C(CCCCO)C=C(C(=NOCc4ccccc4)CC1N(Cc1ccc4c(c1)OCO4)C(=O)Oc1ccc([N+](=O)[O-])cc1)C32. The van der Waals surface area contributed by atoms with Crippen molar-refractivity contribution in [2.75, 3.05) is 26.6 Å². The summed E-state index contributed by atoms with van der Waals surface area (Å²) in [6.45, 7) is 4.22. The number of halogens is 1. The Morgan fingerprint density at radius 3 is 2.36 bits per heavy atom. The number of nitro groups is 1. The lowest BCUT2D eigenvalue weighted by Gasteiger charge is -2.59. The number of hydrogen-bond donors (Lipinski definition) is 2. The summed E-state index contributed by atoms with van der Waals surface area (Å²) in [5.41, 5.74) is 3.97. The Hall–Kier alpha value is -7.27. The van der Waals surface area contributed by atoms with E-state index in [9.17, 15) is 24.7 Å². The molecule has 72 heavy (non-hydrogen) atoms. The molecule has 376 valence electrons. The zero-order chi connectivity index (χ0) is 50.0. The lowest BCUT2D eigenvalue weighted by atomic mass is 9.55. The maximum absolute atomic E-state index is 15.3. The number of benzene rings is 5. The molecule has 0 saturated heterocycles. The predicted octanol–water partition coefficient (Wildman–Crippen LogP) is 10.6. The Labute approximate surface area is 417 Å². The van der Waals surface area contributed by atoms with Crippen LogP contribution in [-0.2, 0) is 29.3 Å². The van der Waals surface area contributed by atoms with E-state index >= 15 is 4.79 Å². The third-order valence-electron chi connectivity index (χ3n) is 13.9. The van der Waals surface area contributed by atoms with Crippen LogP contribution in [0.5, 0.6) is 28.7 Å². The smallest absolute Gasteiger partial charge is 0.416 e. The van der Waals surface area contributed by atoms with Crippen molar-refractivity contribution in [3.8, 4) is 28.7 Å². The van der Waals surface area contributed by atoms with Gasteiger partial charge in [-0.25, -0.2) is 9.18 Å². The van der Waals surface area contributed by atoms with E-state index in [1.807, 2.05) is 48.5 Å². The quantitative estimate of drug-likeness (QED) is 0.0290. The van der Waals surface area contributed by atoms with Crippen LogP contribution >= 0.6 is 0 Å². The molecule has 0 aromatic heterocycles. The highest BCUT2D eigenvalue weighted by Crippen LogP contribution is 2.62. The minimum Gasteiger partial charge on any atom is -0.489 e. The molecule has 6 atom stereocenters. The standard InChI is InChI=1S/C56H58FN3O12/c1-2-28-69-56-52(59(33-38-18-24-50-51(29-38)68-36-67-50)55(63)71-42-21-19-41(20-22-42)60(64)65)32-48(58-70-34-37-12-4-3-5-13-37)45-30-39(14-8-10-26-61)44(16-9-11-27-62)53(54(45)56)46-31-43(23-25-49(46)72-56)66-35-40-15-6-7-17-47(40)57/h2-7,12-13,15,17-25,29-31,39,44,52-54,61-62H,1,8-11,14,16,26-28,32-36H2. The van der Waals surface area contributed by atoms with Crippen molar-refractivity contribution in [3.63, 3.8) is 0 Å². The van der Waals surface area contributed by atoms with Gasteiger partial charge in [0.2, 0.25) is 12.6 Å². The summed E-state index contributed by atoms with van der Waals surface area (Å²) in [7, 11) is 0. The molecule has 1 fully saturated rings. The first kappa shape index (κ1) is 49.7. The largest absolute Gasteiger partial charge is 0.489 e. The van der Waals surface area contributed by atoms with Crippen molar-refractivity contribution in [2.24, 2.45) is 22.9 Å². The fourth-order valence-electron chi connectivity index (χ4n) is 10.6. The van der Waals surface area contributed by atoms with Crippen LogP contribution in [-0.4, -0.2) is 70.3 Å². The van der Waals surface area contributed by atoms with Crippen molar-refractivity contribution in [1.82, 2.24) is 4.90 Å². The van der Waals surface area contributed by atoms with Crippen LogP contribution in [0.2, 0.25) is 0 Å². The van der Waals surface area contributed by atoms with Gasteiger partial charge < -0.3 is 43.5 Å². The van der Waals surface area contributed by atoms with Gasteiger partial charge in [0.05, 0.1) is 23.2 Å². The van der Waals surface area contributed by atoms with Crippen LogP contribution < -0.4 is 23.7 Å². The molecule has 0 radical (unpaired) electrons. The molecule has 2 aliphatic heterocycles. The number of rotatable bonds is 22. The number of hydrogen-bond acceptors (Lipinski definition) is 13. The van der Waals surface area contributed by atoms with E-state index in [1.165, 1.54) is 30.3 Å². The topological polar surface area (TPSA) is 181 Å². The first-order valence-electron chi connectivity index (χ1n) is 24.4. The summed E-state index contributed by atoms with van der Waals surface area (Å²) >= 11 is 0. The number of carbonyl (C=O) groups is 1. The van der Waals surface area contributed by atoms with Gasteiger partial charge in [-0.2, -0.15) is 0 Å². The van der Waals surface area contributed by atoms with Gasteiger partial charge >= 0.3 is 6.09 Å². The van der Waals surface area contributed by atoms with E-state index in [2.05, 4.69) is 12.7 Å². The van der Waals surface area contributed by atoms with Crippen molar-refractivity contribution in [2.45, 2.75) is 82.5 Å². The highest BCUT2D eigenvalue weighted by molar-refractivity contribution is 6.03. The molecule has 1 amide bonds. The average Bonchev–Trinajstić information content (AvgIpc) is 3.87. The number of aliphatic hydroxyl groups excluding tert-OH is 2. The normalized spacial score (nSPS) is 21.9. The van der Waals surface area contributed by atoms with Crippen LogP contribution in [0.25, 0.3) is 0 Å². The summed E-state index contributed by atoms with van der Waals surface area (Å²) in [4.78, 5) is 34.2. The fourth-order valence-corrected chi connectivity index (χ4v) is 10.6. The number of carbonyl (C=O) groups excluding carboxylic acids is 1. The number of fused-ring (bicyclic) bond motifs is 3. The summed E-state index contributed by atoms with van der Waals surface area (Å²) in [6.07, 6.45) is 7.17. The Kier molecular flexibility index (Phi) is 15.8. The minimum absolute atomic E-state index is 0.00746. The number of unbranched alkanes of at least 4 members (excludes halogenated alkanes) is 2. The number of nitrogens with zero attached hydrogens (tertiary/aromatic N) is 3. The van der Waals surface area contributed by atoms with Crippen molar-refractivity contribution in [3.05, 3.63) is 178 Å². The number of nitro benzene ring substituents is 1. The third kappa shape index (κ3) is 10.8. The van der Waals surface area contributed by atoms with Gasteiger partial charge in [-0.15, -0.1) is 6.58 Å². The number of non-ortho nitro benzene ring substituents is 1. The lowest BCUT2D eigenvalue weighted by Crippen LogP contribution is -2.70. The van der Waals surface area contributed by atoms with Crippen LogP contribution in [0.1, 0.15) is 73.1 Å². The summed E-state index contributed by atoms with van der Waals surface area (Å²) in [5, 5.41) is 36.7. The van der Waals surface area contributed by atoms with Crippen LogP contribution in [0.4, 0.5) is 14.9 Å². The second-order valence-electron chi connectivity index (χ2n) is 18.3. The molecule has 1 saturated carbocycles. The van der Waals surface area contributed by atoms with E-state index < -0.39 is 34.7 Å². The van der Waals surface area contributed by atoms with Gasteiger partial charge in [0.25, 0.3) is 5.69 Å². The Bertz CT molecular complexity index is 2770. The molecular weight excluding hydrogens is 926 g/mol. The molecular formula is C56H58FN3O12. The number of allylic oxidation sites excluding steroid dienone is 1. The second kappa shape index (κ2) is 22.9. The van der Waals surface area contributed by atoms with Gasteiger partial charge in [-0.1, -0.05) is 84.7 Å². The van der Waals surface area contributed by atoms with Crippen LogP contribution in [0, 0.1) is 33.7 Å². The van der Waals surface area contributed by atoms with Crippen molar-refractivity contribution >= 4 is 17.5 Å². The number of ether oxygens (including phenoxy) is 6. The second-order valence-corrected chi connectivity index (χ2v) is 18.3. The molecule has 4 aliphatic rings. The zero-order valence-corrected chi connectivity index (χ0v) is 39.8. The summed E-state index contributed by atoms with van der Waals surface area (Å²) < 4.78 is 53.4. The third-order valence-corrected chi connectivity index (χ3v) is 13.9. The molecule has 5 aromatic rings. The molecule has 2 heterocycles. The van der Waals surface area contributed by atoms with Gasteiger partial charge in [0.1, 0.15) is 42.3 Å². The molecule has 0 bridgehead atoms. The van der Waals surface area contributed by atoms with Gasteiger partial charge in [-0.05, 0) is 103 Å². The van der Waals surface area contributed by atoms with E-state index in [-0.39, 0.29) is 81.9 Å². The summed E-state index contributed by atoms with van der Waals surface area (Å²) in [5.74, 6) is -1.17. The monoisotopic (exact) mass is 983 g/mol. The number of amides is 1. The molecule has 9 rings (SSSR count). The minimum atomic E-state index is -1.66. The van der Waals surface area contributed by atoms with E-state index in [1.54, 1.807) is 47.4 Å². The maximum Gasteiger partial charge on any atom is 0.416 e. The Balaban J connectivity index is 1.23. The van der Waals surface area contributed by atoms with Crippen LogP contribution in [0.15, 0.2) is 145 Å². The lowest BCUT2D eigenvalue weighted by molar-refractivity contribution is -0.384. The van der Waals surface area contributed by atoms with Gasteiger partial charge in [0.15, 0.2) is 11.5 Å². The first-order chi connectivity index (χ1) is 35.2. The summed E-state index contributed by atoms with van der Waals surface area (Å²) in [6, 6.07) is 31.3. The first-order valence-corrected chi connectivity index (χ1v) is 24.4. The number of aliphatic hydroxyl groups is 2. The van der Waals surface area contributed by atoms with Gasteiger partial charge in [0, 0.05) is 55.4 Å². The van der Waals surface area contributed by atoms with E-state index in [0.29, 0.717) is 65.5 Å². The van der Waals surface area contributed by atoms with Crippen molar-refractivity contribution < 1.29 is 57.6 Å². The average molecular weight is 984 g/mol. The molecule has 16 heteroatoms.